The van der Waals surface area contributed by atoms with Gasteiger partial charge >= 0.3 is 0 Å². The third kappa shape index (κ3) is 6.40. The van der Waals surface area contributed by atoms with Crippen LogP contribution in [0.15, 0.2) is 69.9 Å². The Morgan fingerprint density at radius 3 is 2.58 bits per heavy atom. The fraction of sp³-hybridized carbons (Fsp3) is 0.0870. The summed E-state index contributed by atoms with van der Waals surface area (Å²) in [5.74, 6) is -0.665. The number of amides is 2. The van der Waals surface area contributed by atoms with Crippen LogP contribution in [0.5, 0.6) is 0 Å². The SMILES string of the molecule is CN(C)O[N-]NC(=O)c1cc2ccccc2c(Br)c1NC(=O)c1cc(Br)cn1-c1ncccc1Cl.[Y]. The smallest absolute Gasteiger partial charge is 0.272 e. The van der Waals surface area contributed by atoms with Crippen molar-refractivity contribution >= 4 is 71.7 Å². The standard InChI is InChI=1S/C23H18Br2ClN6O3.Y/c1-31(2)35-30-29-22(33)16-10-13-6-3-4-7-15(13)19(25)20(16)28-23(34)18-11-14(24)12-32(18)21-17(26)8-5-9-27-21;/h3-12H,1-2H3,(H2,28,29,33,34);/q-1;. The Morgan fingerprint density at radius 1 is 1.11 bits per heavy atom. The monoisotopic (exact) mass is 708 g/mol. The summed E-state index contributed by atoms with van der Waals surface area (Å²) in [6.45, 7) is 0. The molecule has 0 spiro atoms. The molecule has 2 amide bonds. The van der Waals surface area contributed by atoms with Gasteiger partial charge in [0, 0.05) is 68.1 Å². The fourth-order valence-electron chi connectivity index (χ4n) is 3.32. The van der Waals surface area contributed by atoms with Gasteiger partial charge in [0.1, 0.15) is 5.69 Å². The molecule has 4 rings (SSSR count). The van der Waals surface area contributed by atoms with Crippen LogP contribution in [0.2, 0.25) is 5.02 Å². The van der Waals surface area contributed by atoms with Crippen LogP contribution in [-0.4, -0.2) is 40.5 Å². The molecular formula is C23H18Br2ClN6O3Y-. The van der Waals surface area contributed by atoms with E-state index >= 15 is 0 Å². The molecule has 0 fully saturated rings. The second-order valence-corrected chi connectivity index (χ2v) is 9.55. The zero-order valence-electron chi connectivity index (χ0n) is 19.0. The van der Waals surface area contributed by atoms with E-state index in [0.29, 0.717) is 19.8 Å². The van der Waals surface area contributed by atoms with Gasteiger partial charge in [0.05, 0.1) is 16.3 Å². The summed E-state index contributed by atoms with van der Waals surface area (Å²) in [7, 11) is 3.24. The topological polar surface area (TPSA) is 103 Å². The van der Waals surface area contributed by atoms with E-state index in [0.717, 1.165) is 10.8 Å². The van der Waals surface area contributed by atoms with E-state index < -0.39 is 11.8 Å². The van der Waals surface area contributed by atoms with E-state index in [1.165, 1.54) is 5.06 Å². The first-order chi connectivity index (χ1) is 16.8. The molecule has 2 heterocycles. The van der Waals surface area contributed by atoms with E-state index in [1.54, 1.807) is 55.3 Å². The number of rotatable bonds is 7. The molecule has 0 bridgehead atoms. The summed E-state index contributed by atoms with van der Waals surface area (Å²) < 4.78 is 2.76. The predicted octanol–water partition coefficient (Wildman–Crippen LogP) is 5.88. The average Bonchev–Trinajstić information content (AvgIpc) is 3.22. The molecule has 0 aliphatic carbocycles. The molecule has 183 valence electrons. The van der Waals surface area contributed by atoms with Crippen molar-refractivity contribution in [2.45, 2.75) is 0 Å². The molecule has 9 nitrogen and oxygen atoms in total. The van der Waals surface area contributed by atoms with Gasteiger partial charge in [-0.15, -0.1) is 0 Å². The molecule has 13 heteroatoms. The van der Waals surface area contributed by atoms with Crippen LogP contribution >= 0.6 is 43.5 Å². The first-order valence-electron chi connectivity index (χ1n) is 10.1. The van der Waals surface area contributed by atoms with Gasteiger partial charge in [-0.3, -0.25) is 14.2 Å². The summed E-state index contributed by atoms with van der Waals surface area (Å²) in [6, 6.07) is 14.1. The summed E-state index contributed by atoms with van der Waals surface area (Å²) in [5.41, 5.74) is 6.61. The molecule has 2 aromatic carbocycles. The first-order valence-corrected chi connectivity index (χ1v) is 12.1. The van der Waals surface area contributed by atoms with Crippen LogP contribution in [0, 0.1) is 0 Å². The van der Waals surface area contributed by atoms with Gasteiger partial charge in [-0.25, -0.2) is 10.0 Å². The number of hydrogen-bond acceptors (Lipinski definition) is 5. The number of pyridine rings is 1. The minimum absolute atomic E-state index is 0. The molecule has 0 atom stereocenters. The number of fused-ring (bicyclic) bond motifs is 1. The van der Waals surface area contributed by atoms with E-state index in [1.807, 2.05) is 24.3 Å². The number of nitrogens with zero attached hydrogens (tertiary/aromatic N) is 4. The number of halogens is 3. The van der Waals surface area contributed by atoms with Crippen LogP contribution in [0.1, 0.15) is 20.8 Å². The minimum Gasteiger partial charge on any atom is -0.427 e. The second-order valence-electron chi connectivity index (χ2n) is 7.44. The van der Waals surface area contributed by atoms with Crippen LogP contribution in [0.4, 0.5) is 5.69 Å². The van der Waals surface area contributed by atoms with Gasteiger partial charge in [-0.2, -0.15) is 0 Å². The molecule has 36 heavy (non-hydrogen) atoms. The largest absolute Gasteiger partial charge is 0.427 e. The van der Waals surface area contributed by atoms with Crippen LogP contribution in [0.25, 0.3) is 22.2 Å². The van der Waals surface area contributed by atoms with Crippen molar-refractivity contribution in [3.63, 3.8) is 0 Å². The number of hydroxylamine groups is 2. The first kappa shape index (κ1) is 28.9. The van der Waals surface area contributed by atoms with Gasteiger partial charge in [0.15, 0.2) is 5.82 Å². The Hall–Kier alpha value is -1.70. The number of nitrogens with one attached hydrogen (secondary N) is 2. The molecule has 2 N–H and O–H groups in total. The van der Waals surface area contributed by atoms with Crippen molar-refractivity contribution < 1.29 is 47.2 Å². The quantitative estimate of drug-likeness (QED) is 0.234. The molecule has 4 aromatic rings. The Balaban J connectivity index is 0.00000361. The molecular weight excluding hydrogens is 692 g/mol. The number of hydrogen-bond donors (Lipinski definition) is 2. The number of anilines is 1. The van der Waals surface area contributed by atoms with Crippen molar-refractivity contribution in [2.75, 3.05) is 19.4 Å². The molecule has 0 aliphatic rings. The van der Waals surface area contributed by atoms with Gasteiger partial charge in [0.25, 0.3) is 5.91 Å². The van der Waals surface area contributed by atoms with Crippen molar-refractivity contribution in [1.29, 1.82) is 0 Å². The minimum atomic E-state index is -0.571. The van der Waals surface area contributed by atoms with Gasteiger partial charge in [0.2, 0.25) is 5.91 Å². The molecule has 0 aliphatic heterocycles. The number of carbonyl (C=O) groups excluding carboxylic acids is 2. The Labute approximate surface area is 253 Å². The van der Waals surface area contributed by atoms with Gasteiger partial charge in [-0.05, 0) is 66.9 Å². The van der Waals surface area contributed by atoms with E-state index in [4.69, 9.17) is 16.5 Å². The Bertz CT molecular complexity index is 1430. The van der Waals surface area contributed by atoms with Crippen LogP contribution in [0.3, 0.4) is 0 Å². The number of aromatic nitrogens is 2. The van der Waals surface area contributed by atoms with Gasteiger partial charge < -0.3 is 21.3 Å². The fourth-order valence-corrected chi connectivity index (χ4v) is 4.63. The second kappa shape index (κ2) is 12.7. The Kier molecular flexibility index (Phi) is 10.2. The van der Waals surface area contributed by atoms with E-state index in [9.17, 15) is 9.59 Å². The van der Waals surface area contributed by atoms with E-state index in [2.05, 4.69) is 53.2 Å². The maximum Gasteiger partial charge on any atom is 0.272 e. The summed E-state index contributed by atoms with van der Waals surface area (Å²) in [6.07, 6.45) is 3.27. The zero-order chi connectivity index (χ0) is 25.1. The zero-order valence-corrected chi connectivity index (χ0v) is 25.8. The van der Waals surface area contributed by atoms with Gasteiger partial charge in [-0.1, -0.05) is 35.9 Å². The maximum absolute atomic E-state index is 13.5. The molecule has 1 radical (unpaired) electrons. The number of benzene rings is 2. The summed E-state index contributed by atoms with van der Waals surface area (Å²) in [4.78, 5) is 35.7. The van der Waals surface area contributed by atoms with Crippen molar-refractivity contribution in [3.05, 3.63) is 91.7 Å². The van der Waals surface area contributed by atoms with Crippen molar-refractivity contribution in [3.8, 4) is 5.82 Å². The molecule has 0 saturated carbocycles. The van der Waals surface area contributed by atoms with Crippen LogP contribution < -0.4 is 10.7 Å². The van der Waals surface area contributed by atoms with Crippen LogP contribution in [-0.2, 0) is 37.6 Å². The van der Waals surface area contributed by atoms with Crippen molar-refractivity contribution in [2.24, 2.45) is 0 Å². The number of carbonyl (C=O) groups is 2. The summed E-state index contributed by atoms with van der Waals surface area (Å²) >= 11 is 13.3. The molecule has 2 aromatic heterocycles. The average molecular weight is 711 g/mol. The third-order valence-electron chi connectivity index (χ3n) is 4.81. The maximum atomic E-state index is 13.5. The third-order valence-corrected chi connectivity index (χ3v) is 6.36. The molecule has 0 saturated heterocycles. The van der Waals surface area contributed by atoms with Crippen molar-refractivity contribution in [1.82, 2.24) is 20.0 Å². The summed E-state index contributed by atoms with van der Waals surface area (Å²) in [5, 5.41) is 6.15. The predicted molar refractivity (Wildman–Crippen MR) is 141 cm³/mol. The van der Waals surface area contributed by atoms with E-state index in [-0.39, 0.29) is 49.7 Å². The Morgan fingerprint density at radius 2 is 1.86 bits per heavy atom. The normalized spacial score (nSPS) is 10.8. The molecule has 0 unspecified atom stereocenters.